The number of aromatic nitrogens is 1. The molecule has 0 saturated heterocycles. The molecular weight excluding hydrogens is 220 g/mol. The van der Waals surface area contributed by atoms with E-state index in [1.165, 1.54) is 24.1 Å². The Morgan fingerprint density at radius 1 is 1.38 bits per heavy atom. The van der Waals surface area contributed by atoms with Gasteiger partial charge < -0.3 is 5.11 Å². The van der Waals surface area contributed by atoms with E-state index in [2.05, 4.69) is 23.7 Å². The highest BCUT2D eigenvalue weighted by Gasteiger charge is 2.08. The van der Waals surface area contributed by atoms with Crippen LogP contribution in [0.15, 0.2) is 5.51 Å². The maximum absolute atomic E-state index is 9.04. The van der Waals surface area contributed by atoms with Crippen LogP contribution in [0.3, 0.4) is 0 Å². The molecule has 0 aromatic carbocycles. The summed E-state index contributed by atoms with van der Waals surface area (Å²) in [7, 11) is 0. The topological polar surface area (TPSA) is 36.4 Å². The Kier molecular flexibility index (Phi) is 6.61. The number of rotatable bonds is 8. The van der Waals surface area contributed by atoms with Gasteiger partial charge in [0.15, 0.2) is 0 Å². The highest BCUT2D eigenvalue weighted by atomic mass is 32.1. The molecule has 1 aromatic heterocycles. The predicted octanol–water partition coefficient (Wildman–Crippen LogP) is 2.44. The molecule has 16 heavy (non-hydrogen) atoms. The molecule has 0 aliphatic carbocycles. The minimum absolute atomic E-state index is 0.240. The van der Waals surface area contributed by atoms with Gasteiger partial charge in [-0.25, -0.2) is 4.98 Å². The van der Waals surface area contributed by atoms with Gasteiger partial charge in [-0.2, -0.15) is 0 Å². The summed E-state index contributed by atoms with van der Waals surface area (Å²) in [4.78, 5) is 7.90. The molecule has 92 valence electrons. The SMILES string of the molecule is CCCCCN(CCO)Cc1scnc1C. The fraction of sp³-hybridized carbons (Fsp3) is 0.750. The smallest absolute Gasteiger partial charge is 0.0798 e. The summed E-state index contributed by atoms with van der Waals surface area (Å²) in [5.74, 6) is 0. The molecule has 0 atom stereocenters. The summed E-state index contributed by atoms with van der Waals surface area (Å²) in [6, 6.07) is 0. The van der Waals surface area contributed by atoms with Crippen LogP contribution in [0.25, 0.3) is 0 Å². The van der Waals surface area contributed by atoms with Gasteiger partial charge in [0.1, 0.15) is 0 Å². The van der Waals surface area contributed by atoms with Crippen molar-refractivity contribution in [2.24, 2.45) is 0 Å². The number of aryl methyl sites for hydroxylation is 1. The van der Waals surface area contributed by atoms with Crippen molar-refractivity contribution in [1.29, 1.82) is 0 Å². The monoisotopic (exact) mass is 242 g/mol. The van der Waals surface area contributed by atoms with Gasteiger partial charge in [0.05, 0.1) is 17.8 Å². The molecule has 0 aliphatic heterocycles. The first-order valence-corrected chi connectivity index (χ1v) is 6.88. The molecule has 4 heteroatoms. The van der Waals surface area contributed by atoms with Gasteiger partial charge in [-0.3, -0.25) is 4.90 Å². The van der Waals surface area contributed by atoms with Crippen molar-refractivity contribution in [2.45, 2.75) is 39.7 Å². The third-order valence-electron chi connectivity index (χ3n) is 2.71. The van der Waals surface area contributed by atoms with Crippen molar-refractivity contribution in [2.75, 3.05) is 19.7 Å². The van der Waals surface area contributed by atoms with E-state index in [-0.39, 0.29) is 6.61 Å². The number of aliphatic hydroxyl groups excluding tert-OH is 1. The van der Waals surface area contributed by atoms with Crippen molar-refractivity contribution in [1.82, 2.24) is 9.88 Å². The van der Waals surface area contributed by atoms with E-state index in [4.69, 9.17) is 5.11 Å². The van der Waals surface area contributed by atoms with Gasteiger partial charge in [-0.05, 0) is 19.9 Å². The second kappa shape index (κ2) is 7.76. The standard InChI is InChI=1S/C12H22N2OS/c1-3-4-5-6-14(7-8-15)9-12-11(2)13-10-16-12/h10,15H,3-9H2,1-2H3. The summed E-state index contributed by atoms with van der Waals surface area (Å²) in [6.45, 7) is 7.27. The molecule has 0 spiro atoms. The Hall–Kier alpha value is -0.450. The molecule has 0 aliphatic rings. The van der Waals surface area contributed by atoms with Crippen LogP contribution >= 0.6 is 11.3 Å². The second-order valence-corrected chi connectivity index (χ2v) is 5.01. The third-order valence-corrected chi connectivity index (χ3v) is 3.63. The van der Waals surface area contributed by atoms with Crippen LogP contribution in [0, 0.1) is 6.92 Å². The summed E-state index contributed by atoms with van der Waals surface area (Å²) >= 11 is 1.71. The largest absolute Gasteiger partial charge is 0.395 e. The Morgan fingerprint density at radius 2 is 2.19 bits per heavy atom. The lowest BCUT2D eigenvalue weighted by atomic mass is 10.2. The van der Waals surface area contributed by atoms with Gasteiger partial charge in [0.25, 0.3) is 0 Å². The van der Waals surface area contributed by atoms with E-state index in [0.717, 1.165) is 25.3 Å². The Morgan fingerprint density at radius 3 is 2.75 bits per heavy atom. The zero-order valence-corrected chi connectivity index (χ0v) is 11.1. The fourth-order valence-electron chi connectivity index (χ4n) is 1.68. The van der Waals surface area contributed by atoms with Crippen molar-refractivity contribution in [3.05, 3.63) is 16.1 Å². The average Bonchev–Trinajstić information content (AvgIpc) is 2.65. The summed E-state index contributed by atoms with van der Waals surface area (Å²) in [5, 5.41) is 9.04. The van der Waals surface area contributed by atoms with Crippen LogP contribution in [0.5, 0.6) is 0 Å². The van der Waals surface area contributed by atoms with Gasteiger partial charge in [0, 0.05) is 18.0 Å². The molecule has 1 N–H and O–H groups in total. The van der Waals surface area contributed by atoms with E-state index < -0.39 is 0 Å². The maximum Gasteiger partial charge on any atom is 0.0798 e. The third kappa shape index (κ3) is 4.60. The van der Waals surface area contributed by atoms with Crippen LogP contribution in [-0.2, 0) is 6.54 Å². The van der Waals surface area contributed by atoms with Crippen LogP contribution in [0.2, 0.25) is 0 Å². The predicted molar refractivity (Wildman–Crippen MR) is 68.7 cm³/mol. The van der Waals surface area contributed by atoms with E-state index >= 15 is 0 Å². The quantitative estimate of drug-likeness (QED) is 0.711. The summed E-state index contributed by atoms with van der Waals surface area (Å²) in [6.07, 6.45) is 3.73. The van der Waals surface area contributed by atoms with Crippen molar-refractivity contribution in [3.8, 4) is 0 Å². The van der Waals surface area contributed by atoms with Crippen LogP contribution in [-0.4, -0.2) is 34.7 Å². The van der Waals surface area contributed by atoms with E-state index in [1.807, 2.05) is 5.51 Å². The average molecular weight is 242 g/mol. The maximum atomic E-state index is 9.04. The lowest BCUT2D eigenvalue weighted by Gasteiger charge is -2.20. The Labute approximate surface area is 102 Å². The molecule has 1 heterocycles. The number of aliphatic hydroxyl groups is 1. The molecule has 1 aromatic rings. The first kappa shape index (κ1) is 13.6. The second-order valence-electron chi connectivity index (χ2n) is 4.07. The Balaban J connectivity index is 2.41. The van der Waals surface area contributed by atoms with E-state index in [9.17, 15) is 0 Å². The lowest BCUT2D eigenvalue weighted by Crippen LogP contribution is -2.27. The molecule has 3 nitrogen and oxygen atoms in total. The number of nitrogens with zero attached hydrogens (tertiary/aromatic N) is 2. The van der Waals surface area contributed by atoms with Crippen molar-refractivity contribution in [3.63, 3.8) is 0 Å². The van der Waals surface area contributed by atoms with Gasteiger partial charge in [-0.15, -0.1) is 11.3 Å². The van der Waals surface area contributed by atoms with E-state index in [0.29, 0.717) is 0 Å². The Bertz CT molecular complexity index is 288. The summed E-state index contributed by atoms with van der Waals surface area (Å²) < 4.78 is 0. The van der Waals surface area contributed by atoms with E-state index in [1.54, 1.807) is 11.3 Å². The van der Waals surface area contributed by atoms with Crippen LogP contribution < -0.4 is 0 Å². The highest BCUT2D eigenvalue weighted by molar-refractivity contribution is 7.09. The van der Waals surface area contributed by atoms with Crippen molar-refractivity contribution >= 4 is 11.3 Å². The molecular formula is C12H22N2OS. The zero-order valence-electron chi connectivity index (χ0n) is 10.3. The number of thiazole rings is 1. The van der Waals surface area contributed by atoms with Crippen molar-refractivity contribution < 1.29 is 5.11 Å². The molecule has 0 bridgehead atoms. The molecule has 0 radical (unpaired) electrons. The lowest BCUT2D eigenvalue weighted by molar-refractivity contribution is 0.188. The van der Waals surface area contributed by atoms with Gasteiger partial charge in [0.2, 0.25) is 0 Å². The molecule has 0 amide bonds. The minimum atomic E-state index is 0.240. The van der Waals surface area contributed by atoms with Gasteiger partial charge in [-0.1, -0.05) is 19.8 Å². The minimum Gasteiger partial charge on any atom is -0.395 e. The molecule has 0 unspecified atom stereocenters. The van der Waals surface area contributed by atoms with Crippen LogP contribution in [0.4, 0.5) is 0 Å². The van der Waals surface area contributed by atoms with Gasteiger partial charge >= 0.3 is 0 Å². The molecule has 1 rings (SSSR count). The molecule has 0 fully saturated rings. The number of hydrogen-bond acceptors (Lipinski definition) is 4. The fourth-order valence-corrected chi connectivity index (χ4v) is 2.50. The van der Waals surface area contributed by atoms with Crippen LogP contribution in [0.1, 0.15) is 36.8 Å². The first-order chi connectivity index (χ1) is 7.77. The number of unbranched alkanes of at least 4 members (excludes halogenated alkanes) is 2. The summed E-state index contributed by atoms with van der Waals surface area (Å²) in [5.41, 5.74) is 3.02. The first-order valence-electron chi connectivity index (χ1n) is 6.00. The molecule has 0 saturated carbocycles. The highest BCUT2D eigenvalue weighted by Crippen LogP contribution is 2.15. The normalized spacial score (nSPS) is 11.2. The number of hydrogen-bond donors (Lipinski definition) is 1. The zero-order chi connectivity index (χ0) is 11.8.